The summed E-state index contributed by atoms with van der Waals surface area (Å²) in [6.45, 7) is 8.16. The van der Waals surface area contributed by atoms with Crippen molar-refractivity contribution in [2.45, 2.75) is 31.9 Å². The van der Waals surface area contributed by atoms with Gasteiger partial charge in [0.1, 0.15) is 6.10 Å². The molecule has 7 heteroatoms. The van der Waals surface area contributed by atoms with Gasteiger partial charge in [-0.2, -0.15) is 0 Å². The van der Waals surface area contributed by atoms with Gasteiger partial charge in [-0.3, -0.25) is 9.69 Å². The van der Waals surface area contributed by atoms with E-state index in [9.17, 15) is 4.79 Å². The molecule has 1 amide bonds. The van der Waals surface area contributed by atoms with Gasteiger partial charge in [0.05, 0.1) is 25.9 Å². The number of piperazine rings is 1. The third-order valence-corrected chi connectivity index (χ3v) is 5.47. The maximum atomic E-state index is 12.4. The molecule has 0 aromatic heterocycles. The van der Waals surface area contributed by atoms with Gasteiger partial charge in [0.25, 0.3) is 0 Å². The van der Waals surface area contributed by atoms with Gasteiger partial charge in [0.2, 0.25) is 5.91 Å². The van der Waals surface area contributed by atoms with E-state index in [0.717, 1.165) is 39.1 Å². The molecule has 156 valence electrons. The largest absolute Gasteiger partial charge is 0.394 e. The fourth-order valence-corrected chi connectivity index (χ4v) is 3.84. The van der Waals surface area contributed by atoms with Gasteiger partial charge in [0, 0.05) is 51.4 Å². The number of hydrogen-bond acceptors (Lipinski definition) is 6. The molecule has 2 aliphatic rings. The van der Waals surface area contributed by atoms with Crippen LogP contribution in [0.25, 0.3) is 0 Å². The highest BCUT2D eigenvalue weighted by atomic mass is 16.5. The highest BCUT2D eigenvalue weighted by molar-refractivity contribution is 5.76. The molecule has 2 N–H and O–H groups in total. The van der Waals surface area contributed by atoms with Gasteiger partial charge in [0.15, 0.2) is 0 Å². The molecule has 2 heterocycles. The van der Waals surface area contributed by atoms with Crippen LogP contribution >= 0.6 is 0 Å². The molecule has 0 aliphatic carbocycles. The zero-order chi connectivity index (χ0) is 19.8. The Morgan fingerprint density at radius 3 is 2.89 bits per heavy atom. The Morgan fingerprint density at radius 1 is 1.32 bits per heavy atom. The summed E-state index contributed by atoms with van der Waals surface area (Å²) >= 11 is 0. The lowest BCUT2D eigenvalue weighted by molar-refractivity contribution is -0.126. The number of rotatable bonds is 8. The minimum absolute atomic E-state index is 0.0221. The van der Waals surface area contributed by atoms with E-state index in [2.05, 4.69) is 46.3 Å². The van der Waals surface area contributed by atoms with Crippen molar-refractivity contribution >= 4 is 11.6 Å². The molecule has 0 unspecified atom stereocenters. The van der Waals surface area contributed by atoms with E-state index in [-0.39, 0.29) is 31.3 Å². The fourth-order valence-electron chi connectivity index (χ4n) is 3.84. The Kier molecular flexibility index (Phi) is 8.09. The summed E-state index contributed by atoms with van der Waals surface area (Å²) in [5, 5.41) is 12.0. The number of aliphatic hydroxyl groups excluding tert-OH is 1. The molecule has 7 nitrogen and oxygen atoms in total. The van der Waals surface area contributed by atoms with Gasteiger partial charge in [-0.15, -0.1) is 0 Å². The van der Waals surface area contributed by atoms with Crippen molar-refractivity contribution in [1.29, 1.82) is 0 Å². The number of aryl methyl sites for hydroxylation is 1. The summed E-state index contributed by atoms with van der Waals surface area (Å²) < 4.78 is 11.0. The molecule has 0 bridgehead atoms. The standard InChI is InChI=1S/C21H33N3O4/c1-17-3-2-4-18(15-17)24-10-8-23(9-11-24)7-5-21(26)22-19-6-13-27-16-20(19)28-14-12-25/h2-4,15,19-20,25H,5-14,16H2,1H3,(H,22,26)/t19-,20-/m1/s1. The smallest absolute Gasteiger partial charge is 0.221 e. The SMILES string of the molecule is Cc1cccc(N2CCN(CCC(=O)N[C@@H]3CCOC[C@H]3OCCO)CC2)c1. The van der Waals surface area contributed by atoms with E-state index in [1.54, 1.807) is 0 Å². The van der Waals surface area contributed by atoms with E-state index in [1.165, 1.54) is 11.3 Å². The van der Waals surface area contributed by atoms with Gasteiger partial charge in [-0.25, -0.2) is 0 Å². The number of carbonyl (C=O) groups excluding carboxylic acids is 1. The zero-order valence-corrected chi connectivity index (χ0v) is 16.8. The van der Waals surface area contributed by atoms with Gasteiger partial charge in [-0.05, 0) is 31.0 Å². The first-order valence-corrected chi connectivity index (χ1v) is 10.3. The summed E-state index contributed by atoms with van der Waals surface area (Å²) in [5.74, 6) is 0.0608. The number of nitrogens with zero attached hydrogens (tertiary/aromatic N) is 2. The lowest BCUT2D eigenvalue weighted by Crippen LogP contribution is -2.51. The van der Waals surface area contributed by atoms with Crippen LogP contribution in [0.15, 0.2) is 24.3 Å². The number of hydrogen-bond donors (Lipinski definition) is 2. The number of benzene rings is 1. The minimum atomic E-state index is -0.178. The topological polar surface area (TPSA) is 74.3 Å². The average Bonchev–Trinajstić information content (AvgIpc) is 2.72. The molecular formula is C21H33N3O4. The van der Waals surface area contributed by atoms with E-state index in [1.807, 2.05) is 0 Å². The number of aliphatic hydroxyl groups is 1. The van der Waals surface area contributed by atoms with Crippen molar-refractivity contribution in [2.24, 2.45) is 0 Å². The maximum absolute atomic E-state index is 12.4. The van der Waals surface area contributed by atoms with Crippen LogP contribution in [0, 0.1) is 6.92 Å². The average molecular weight is 392 g/mol. The first kappa shape index (κ1) is 21.0. The van der Waals surface area contributed by atoms with E-state index in [0.29, 0.717) is 19.6 Å². The third kappa shape index (κ3) is 6.17. The summed E-state index contributed by atoms with van der Waals surface area (Å²) in [6, 6.07) is 8.59. The Morgan fingerprint density at radius 2 is 2.14 bits per heavy atom. The van der Waals surface area contributed by atoms with Crippen LogP contribution in [0.5, 0.6) is 0 Å². The normalized spacial score (nSPS) is 23.6. The lowest BCUT2D eigenvalue weighted by atomic mass is 10.1. The van der Waals surface area contributed by atoms with Crippen LogP contribution in [-0.4, -0.2) is 87.2 Å². The Labute approximate surface area is 167 Å². The Bertz CT molecular complexity index is 619. The van der Waals surface area contributed by atoms with Crippen LogP contribution in [0.1, 0.15) is 18.4 Å². The van der Waals surface area contributed by atoms with Crippen LogP contribution in [-0.2, 0) is 14.3 Å². The molecule has 2 saturated heterocycles. The molecule has 0 saturated carbocycles. The highest BCUT2D eigenvalue weighted by Gasteiger charge is 2.28. The van der Waals surface area contributed by atoms with Crippen LogP contribution in [0.4, 0.5) is 5.69 Å². The minimum Gasteiger partial charge on any atom is -0.394 e. The third-order valence-electron chi connectivity index (χ3n) is 5.47. The van der Waals surface area contributed by atoms with Crippen LogP contribution in [0.3, 0.4) is 0 Å². The number of carbonyl (C=O) groups is 1. The second kappa shape index (κ2) is 10.8. The summed E-state index contributed by atoms with van der Waals surface area (Å²) in [5.41, 5.74) is 2.57. The molecule has 3 rings (SSSR count). The predicted octanol–water partition coefficient (Wildman–Crippen LogP) is 0.790. The molecule has 2 atom stereocenters. The number of ether oxygens (including phenoxy) is 2. The van der Waals surface area contributed by atoms with Crippen LogP contribution in [0.2, 0.25) is 0 Å². The lowest BCUT2D eigenvalue weighted by Gasteiger charge is -2.36. The van der Waals surface area contributed by atoms with Crippen molar-refractivity contribution < 1.29 is 19.4 Å². The predicted molar refractivity (Wildman–Crippen MR) is 109 cm³/mol. The van der Waals surface area contributed by atoms with Crippen molar-refractivity contribution in [3.8, 4) is 0 Å². The zero-order valence-electron chi connectivity index (χ0n) is 16.8. The first-order valence-electron chi connectivity index (χ1n) is 10.3. The number of nitrogens with one attached hydrogen (secondary N) is 1. The molecule has 1 aromatic carbocycles. The van der Waals surface area contributed by atoms with Gasteiger partial charge < -0.3 is 24.8 Å². The molecule has 1 aromatic rings. The Hall–Kier alpha value is -1.67. The van der Waals surface area contributed by atoms with Gasteiger partial charge in [-0.1, -0.05) is 12.1 Å². The van der Waals surface area contributed by atoms with Crippen LogP contribution < -0.4 is 10.2 Å². The van der Waals surface area contributed by atoms with Gasteiger partial charge >= 0.3 is 0 Å². The van der Waals surface area contributed by atoms with E-state index < -0.39 is 0 Å². The Balaban J connectivity index is 1.38. The highest BCUT2D eigenvalue weighted by Crippen LogP contribution is 2.18. The molecule has 0 spiro atoms. The summed E-state index contributed by atoms with van der Waals surface area (Å²) in [4.78, 5) is 17.2. The van der Waals surface area contributed by atoms with E-state index >= 15 is 0 Å². The molecular weight excluding hydrogens is 358 g/mol. The van der Waals surface area contributed by atoms with Crippen molar-refractivity contribution in [2.75, 3.05) is 64.1 Å². The number of amides is 1. The first-order chi connectivity index (χ1) is 13.7. The molecule has 0 radical (unpaired) electrons. The molecule has 2 fully saturated rings. The molecule has 2 aliphatic heterocycles. The molecule has 28 heavy (non-hydrogen) atoms. The fraction of sp³-hybridized carbons (Fsp3) is 0.667. The number of anilines is 1. The monoisotopic (exact) mass is 391 g/mol. The van der Waals surface area contributed by atoms with Crippen molar-refractivity contribution in [3.05, 3.63) is 29.8 Å². The van der Waals surface area contributed by atoms with Crippen molar-refractivity contribution in [3.63, 3.8) is 0 Å². The summed E-state index contributed by atoms with van der Waals surface area (Å²) in [6.07, 6.45) is 1.06. The second-order valence-corrected chi connectivity index (χ2v) is 7.59. The second-order valence-electron chi connectivity index (χ2n) is 7.59. The van der Waals surface area contributed by atoms with Crippen molar-refractivity contribution in [1.82, 2.24) is 10.2 Å². The quantitative estimate of drug-likeness (QED) is 0.683. The summed E-state index contributed by atoms with van der Waals surface area (Å²) in [7, 11) is 0. The van der Waals surface area contributed by atoms with E-state index in [4.69, 9.17) is 14.6 Å². The maximum Gasteiger partial charge on any atom is 0.221 e.